The second kappa shape index (κ2) is 6.17. The summed E-state index contributed by atoms with van der Waals surface area (Å²) in [6.45, 7) is 0. The first-order chi connectivity index (χ1) is 6.34. The molecule has 0 aliphatic rings. The van der Waals surface area contributed by atoms with E-state index >= 15 is 0 Å². The van der Waals surface area contributed by atoms with Gasteiger partial charge in [-0.3, -0.25) is 4.98 Å². The highest BCUT2D eigenvalue weighted by Gasteiger charge is 2.41. The molecule has 0 saturated carbocycles. The number of hydrogen-bond acceptors (Lipinski definition) is 2. The molecule has 1 rings (SSSR count). The lowest BCUT2D eigenvalue weighted by Crippen LogP contribution is -2.30. The van der Waals surface area contributed by atoms with Gasteiger partial charge in [-0.25, -0.2) is 8.78 Å². The number of hydrogen-bond donors (Lipinski definition) is 1. The molecule has 2 N–H and O–H groups in total. The molecule has 16 heavy (non-hydrogen) atoms. The molecule has 0 aliphatic heterocycles. The zero-order valence-corrected chi connectivity index (χ0v) is 9.10. The van der Waals surface area contributed by atoms with Crippen LogP contribution in [0.4, 0.5) is 22.0 Å². The third-order valence-electron chi connectivity index (χ3n) is 1.55. The van der Waals surface area contributed by atoms with Gasteiger partial charge in [-0.15, -0.1) is 24.8 Å². The van der Waals surface area contributed by atoms with Crippen LogP contribution < -0.4 is 5.73 Å². The molecule has 0 unspecified atom stereocenters. The molecule has 0 aliphatic carbocycles. The van der Waals surface area contributed by atoms with E-state index < -0.39 is 29.4 Å². The van der Waals surface area contributed by atoms with Gasteiger partial charge in [0.2, 0.25) is 0 Å². The largest absolute Gasteiger partial charge is 0.407 e. The fraction of sp³-hybridized carbons (Fsp3) is 0.286. The Labute approximate surface area is 99.9 Å². The molecule has 0 bridgehead atoms. The third kappa shape index (κ3) is 3.73. The fourth-order valence-corrected chi connectivity index (χ4v) is 0.882. The Bertz CT molecular complexity index is 324. The van der Waals surface area contributed by atoms with Crippen LogP contribution in [0.3, 0.4) is 0 Å². The van der Waals surface area contributed by atoms with Gasteiger partial charge in [-0.2, -0.15) is 13.2 Å². The van der Waals surface area contributed by atoms with Crippen LogP contribution in [0.5, 0.6) is 0 Å². The van der Waals surface area contributed by atoms with Crippen molar-refractivity contribution >= 4 is 24.8 Å². The highest BCUT2D eigenvalue weighted by Crippen LogP contribution is 2.32. The van der Waals surface area contributed by atoms with Gasteiger partial charge in [0.05, 0.1) is 18.0 Å². The minimum Gasteiger partial charge on any atom is -0.316 e. The lowest BCUT2D eigenvalue weighted by Gasteiger charge is -2.16. The molecule has 1 aromatic rings. The molecule has 0 saturated heterocycles. The molecule has 0 spiro atoms. The fourth-order valence-electron chi connectivity index (χ4n) is 0.882. The Hall–Kier alpha value is -0.660. The second-order valence-electron chi connectivity index (χ2n) is 2.54. The number of aromatic nitrogens is 1. The van der Waals surface area contributed by atoms with Crippen molar-refractivity contribution in [2.75, 3.05) is 0 Å². The van der Waals surface area contributed by atoms with Gasteiger partial charge in [0, 0.05) is 0 Å². The third-order valence-corrected chi connectivity index (χ3v) is 1.55. The number of pyridine rings is 1. The van der Waals surface area contributed by atoms with Crippen LogP contribution in [0.15, 0.2) is 12.4 Å². The molecule has 1 atom stereocenters. The minimum atomic E-state index is -4.89. The van der Waals surface area contributed by atoms with E-state index in [0.29, 0.717) is 12.4 Å². The summed E-state index contributed by atoms with van der Waals surface area (Å²) in [5.41, 5.74) is 3.43. The van der Waals surface area contributed by atoms with E-state index in [1.165, 1.54) is 0 Å². The Kier molecular flexibility index (Phi) is 6.83. The van der Waals surface area contributed by atoms with Crippen LogP contribution >= 0.6 is 24.8 Å². The predicted molar refractivity (Wildman–Crippen MR) is 51.6 cm³/mol. The van der Waals surface area contributed by atoms with Crippen LogP contribution in [0.1, 0.15) is 11.6 Å². The van der Waals surface area contributed by atoms with Crippen molar-refractivity contribution in [3.8, 4) is 0 Å². The van der Waals surface area contributed by atoms with Crippen LogP contribution in [0, 0.1) is 11.6 Å². The monoisotopic (exact) mass is 284 g/mol. The van der Waals surface area contributed by atoms with Crippen molar-refractivity contribution in [1.82, 2.24) is 4.98 Å². The molecule has 0 aromatic carbocycles. The summed E-state index contributed by atoms with van der Waals surface area (Å²) in [6.07, 6.45) is -3.93. The van der Waals surface area contributed by atoms with E-state index in [1.54, 1.807) is 0 Å². The van der Waals surface area contributed by atoms with Gasteiger partial charge in [-0.05, 0) is 0 Å². The van der Waals surface area contributed by atoms with Crippen LogP contribution in [0.25, 0.3) is 0 Å². The lowest BCUT2D eigenvalue weighted by atomic mass is 10.1. The molecule has 2 nitrogen and oxygen atoms in total. The van der Waals surface area contributed by atoms with E-state index in [9.17, 15) is 22.0 Å². The number of nitrogens with zero attached hydrogens (tertiary/aromatic N) is 1. The summed E-state index contributed by atoms with van der Waals surface area (Å²) in [7, 11) is 0. The Morgan fingerprint density at radius 3 is 1.75 bits per heavy atom. The van der Waals surface area contributed by atoms with E-state index in [0.717, 1.165) is 0 Å². The molecular formula is C7H7Cl2F5N2. The Morgan fingerprint density at radius 2 is 1.44 bits per heavy atom. The van der Waals surface area contributed by atoms with Crippen molar-refractivity contribution in [2.24, 2.45) is 5.73 Å². The highest BCUT2D eigenvalue weighted by atomic mass is 35.5. The zero-order chi connectivity index (χ0) is 10.9. The molecule has 0 radical (unpaired) electrons. The second-order valence-corrected chi connectivity index (χ2v) is 2.54. The first kappa shape index (κ1) is 17.7. The summed E-state index contributed by atoms with van der Waals surface area (Å²) in [4.78, 5) is 3.04. The first-order valence-electron chi connectivity index (χ1n) is 3.45. The van der Waals surface area contributed by atoms with E-state index in [4.69, 9.17) is 0 Å². The molecular weight excluding hydrogens is 278 g/mol. The summed E-state index contributed by atoms with van der Waals surface area (Å²) < 4.78 is 61.5. The average molecular weight is 285 g/mol. The Morgan fingerprint density at radius 1 is 1.06 bits per heavy atom. The van der Waals surface area contributed by atoms with Crippen LogP contribution in [0.2, 0.25) is 0 Å². The molecule has 0 fully saturated rings. The van der Waals surface area contributed by atoms with Crippen molar-refractivity contribution in [3.05, 3.63) is 29.6 Å². The highest BCUT2D eigenvalue weighted by molar-refractivity contribution is 5.85. The zero-order valence-electron chi connectivity index (χ0n) is 7.46. The number of alkyl halides is 3. The minimum absolute atomic E-state index is 0. The van der Waals surface area contributed by atoms with Crippen molar-refractivity contribution in [3.63, 3.8) is 0 Å². The molecule has 1 heterocycles. The van der Waals surface area contributed by atoms with Gasteiger partial charge in [-0.1, -0.05) is 0 Å². The number of halogens is 7. The number of rotatable bonds is 1. The first-order valence-corrected chi connectivity index (χ1v) is 3.45. The SMILES string of the molecule is Cl.Cl.N[C@H](c1c(F)cncc1F)C(F)(F)F. The molecule has 0 amide bonds. The van der Waals surface area contributed by atoms with Crippen molar-refractivity contribution in [1.29, 1.82) is 0 Å². The summed E-state index contributed by atoms with van der Waals surface area (Å²) in [5, 5.41) is 0. The summed E-state index contributed by atoms with van der Waals surface area (Å²) in [6, 6.07) is -2.68. The average Bonchev–Trinajstić information content (AvgIpc) is 2.01. The van der Waals surface area contributed by atoms with Gasteiger partial charge in [0.15, 0.2) is 0 Å². The molecule has 9 heteroatoms. The van der Waals surface area contributed by atoms with Crippen LogP contribution in [-0.2, 0) is 0 Å². The van der Waals surface area contributed by atoms with Crippen molar-refractivity contribution < 1.29 is 22.0 Å². The number of nitrogens with two attached hydrogens (primary N) is 1. The van der Waals surface area contributed by atoms with Gasteiger partial charge < -0.3 is 5.73 Å². The molecule has 94 valence electrons. The maximum atomic E-state index is 12.7. The van der Waals surface area contributed by atoms with Crippen molar-refractivity contribution in [2.45, 2.75) is 12.2 Å². The molecule has 1 aromatic heterocycles. The normalized spacial score (nSPS) is 12.4. The maximum Gasteiger partial charge on any atom is 0.407 e. The Balaban J connectivity index is 0. The van der Waals surface area contributed by atoms with Gasteiger partial charge in [0.25, 0.3) is 0 Å². The quantitative estimate of drug-likeness (QED) is 0.806. The maximum absolute atomic E-state index is 12.7. The standard InChI is InChI=1S/C7H5F5N2.2ClH/c8-3-1-14-2-4(9)5(3)6(13)7(10,11)12;;/h1-2,6H,13H2;2*1H/t6-;;/m1../s1. The van der Waals surface area contributed by atoms with Gasteiger partial charge >= 0.3 is 6.18 Å². The van der Waals surface area contributed by atoms with Gasteiger partial charge in [0.1, 0.15) is 17.7 Å². The summed E-state index contributed by atoms with van der Waals surface area (Å²) in [5.74, 6) is -2.82. The topological polar surface area (TPSA) is 38.9 Å². The summed E-state index contributed by atoms with van der Waals surface area (Å²) >= 11 is 0. The van der Waals surface area contributed by atoms with Crippen LogP contribution in [-0.4, -0.2) is 11.2 Å². The van der Waals surface area contributed by atoms with E-state index in [-0.39, 0.29) is 24.8 Å². The van der Waals surface area contributed by atoms with E-state index in [2.05, 4.69) is 10.7 Å². The predicted octanol–water partition coefficient (Wildman–Crippen LogP) is 2.77. The smallest absolute Gasteiger partial charge is 0.316 e. The van der Waals surface area contributed by atoms with E-state index in [1.807, 2.05) is 0 Å². The lowest BCUT2D eigenvalue weighted by molar-refractivity contribution is -0.150.